The number of aliphatic hydroxyl groups is 1. The van der Waals surface area contributed by atoms with Gasteiger partial charge < -0.3 is 14.9 Å². The minimum Gasteiger partial charge on any atom is -0.481 e. The monoisotopic (exact) mass is 354 g/mol. The van der Waals surface area contributed by atoms with Crippen molar-refractivity contribution in [3.05, 3.63) is 0 Å². The van der Waals surface area contributed by atoms with E-state index in [1.165, 1.54) is 12.8 Å². The van der Waals surface area contributed by atoms with Gasteiger partial charge in [-0.05, 0) is 61.7 Å². The molecule has 0 radical (unpaired) electrons. The third-order valence-electron chi connectivity index (χ3n) is 6.97. The number of esters is 1. The second kappa shape index (κ2) is 7.26. The Morgan fingerprint density at radius 3 is 2.40 bits per heavy atom. The molecule has 0 spiro atoms. The lowest BCUT2D eigenvalue weighted by molar-refractivity contribution is -0.175. The molecule has 2 fully saturated rings. The van der Waals surface area contributed by atoms with Crippen molar-refractivity contribution in [3.8, 4) is 0 Å². The van der Waals surface area contributed by atoms with Gasteiger partial charge in [-0.1, -0.05) is 27.2 Å². The molecule has 4 atom stereocenters. The molecule has 2 rings (SSSR count). The summed E-state index contributed by atoms with van der Waals surface area (Å²) in [5, 5.41) is 19.7. The molecule has 0 amide bonds. The van der Waals surface area contributed by atoms with Crippen molar-refractivity contribution >= 4 is 11.9 Å². The van der Waals surface area contributed by atoms with Gasteiger partial charge in [0.1, 0.15) is 0 Å². The Labute approximate surface area is 151 Å². The number of aliphatic carboxylic acids is 1. The fourth-order valence-corrected chi connectivity index (χ4v) is 5.84. The van der Waals surface area contributed by atoms with E-state index in [-0.39, 0.29) is 36.2 Å². The van der Waals surface area contributed by atoms with Gasteiger partial charge in [-0.25, -0.2) is 0 Å². The summed E-state index contributed by atoms with van der Waals surface area (Å²) < 4.78 is 5.25. The number of hydrogen-bond acceptors (Lipinski definition) is 4. The van der Waals surface area contributed by atoms with E-state index in [1.54, 1.807) is 0 Å². The highest BCUT2D eigenvalue weighted by Crippen LogP contribution is 2.62. The molecule has 0 heterocycles. The van der Waals surface area contributed by atoms with Crippen molar-refractivity contribution < 1.29 is 24.5 Å². The van der Waals surface area contributed by atoms with E-state index in [9.17, 15) is 14.7 Å². The summed E-state index contributed by atoms with van der Waals surface area (Å²) in [6.45, 7) is 9.17. The highest BCUT2D eigenvalue weighted by molar-refractivity contribution is 5.76. The van der Waals surface area contributed by atoms with Crippen molar-refractivity contribution in [2.24, 2.45) is 22.7 Å². The van der Waals surface area contributed by atoms with E-state index in [0.717, 1.165) is 19.3 Å². The Hall–Kier alpha value is -1.10. The lowest BCUT2D eigenvalue weighted by Crippen LogP contribution is -2.57. The van der Waals surface area contributed by atoms with E-state index in [1.807, 2.05) is 6.92 Å². The van der Waals surface area contributed by atoms with Crippen LogP contribution in [0, 0.1) is 22.7 Å². The topological polar surface area (TPSA) is 83.8 Å². The quantitative estimate of drug-likeness (QED) is 0.709. The van der Waals surface area contributed by atoms with E-state index in [0.29, 0.717) is 12.3 Å². The van der Waals surface area contributed by atoms with Gasteiger partial charge in [0.25, 0.3) is 0 Å². The number of rotatable bonds is 6. The molecular weight excluding hydrogens is 320 g/mol. The summed E-state index contributed by atoms with van der Waals surface area (Å²) in [6, 6.07) is 0. The summed E-state index contributed by atoms with van der Waals surface area (Å²) in [7, 11) is 0. The van der Waals surface area contributed by atoms with Crippen LogP contribution in [-0.4, -0.2) is 34.4 Å². The fraction of sp³-hybridized carbons (Fsp3) is 0.900. The Balaban J connectivity index is 2.03. The molecule has 0 aromatic rings. The Morgan fingerprint density at radius 1 is 1.08 bits per heavy atom. The molecule has 2 aliphatic rings. The van der Waals surface area contributed by atoms with Crippen LogP contribution in [0.25, 0.3) is 0 Å². The van der Waals surface area contributed by atoms with Crippen molar-refractivity contribution in [3.63, 3.8) is 0 Å². The maximum absolute atomic E-state index is 11.7. The van der Waals surface area contributed by atoms with Gasteiger partial charge in [0, 0.05) is 0 Å². The molecule has 5 heteroatoms. The van der Waals surface area contributed by atoms with Gasteiger partial charge in [-0.15, -0.1) is 0 Å². The predicted octanol–water partition coefficient (Wildman–Crippen LogP) is 3.78. The minimum atomic E-state index is -0.994. The number of carboxylic acid groups (broad SMARTS) is 1. The number of carbonyl (C=O) groups excluding carboxylic acids is 1. The van der Waals surface area contributed by atoms with Crippen LogP contribution in [0.2, 0.25) is 0 Å². The summed E-state index contributed by atoms with van der Waals surface area (Å²) in [5.74, 6) is -0.803. The number of ether oxygens (including phenoxy) is 1. The first-order valence-corrected chi connectivity index (χ1v) is 9.59. The van der Waals surface area contributed by atoms with Crippen molar-refractivity contribution in [1.29, 1.82) is 0 Å². The van der Waals surface area contributed by atoms with Gasteiger partial charge >= 0.3 is 11.9 Å². The zero-order valence-electron chi connectivity index (χ0n) is 16.1. The first-order chi connectivity index (χ1) is 11.5. The van der Waals surface area contributed by atoms with Gasteiger partial charge in [0.15, 0.2) is 0 Å². The predicted molar refractivity (Wildman–Crippen MR) is 95.0 cm³/mol. The van der Waals surface area contributed by atoms with Crippen LogP contribution < -0.4 is 0 Å². The van der Waals surface area contributed by atoms with E-state index in [4.69, 9.17) is 9.84 Å². The zero-order valence-corrected chi connectivity index (χ0v) is 16.1. The molecule has 2 N–H and O–H groups in total. The molecule has 0 aliphatic heterocycles. The minimum absolute atomic E-state index is 0.0526. The van der Waals surface area contributed by atoms with Crippen LogP contribution in [0.5, 0.6) is 0 Å². The van der Waals surface area contributed by atoms with E-state index < -0.39 is 17.5 Å². The highest BCUT2D eigenvalue weighted by atomic mass is 16.5. The molecule has 0 aromatic heterocycles. The van der Waals surface area contributed by atoms with Gasteiger partial charge in [-0.2, -0.15) is 0 Å². The number of carbonyl (C=O) groups is 2. The molecule has 2 saturated carbocycles. The van der Waals surface area contributed by atoms with Crippen molar-refractivity contribution in [2.45, 2.75) is 84.7 Å². The molecular formula is C20H34O5. The molecule has 0 aromatic carbocycles. The van der Waals surface area contributed by atoms with Gasteiger partial charge in [0.2, 0.25) is 0 Å². The van der Waals surface area contributed by atoms with Crippen LogP contribution in [0.15, 0.2) is 0 Å². The fourth-order valence-electron chi connectivity index (χ4n) is 5.84. The first-order valence-electron chi connectivity index (χ1n) is 9.59. The van der Waals surface area contributed by atoms with Crippen LogP contribution in [0.4, 0.5) is 0 Å². The average molecular weight is 354 g/mol. The van der Waals surface area contributed by atoms with Gasteiger partial charge in [0.05, 0.1) is 25.0 Å². The van der Waals surface area contributed by atoms with Crippen molar-refractivity contribution in [2.75, 3.05) is 6.61 Å². The third kappa shape index (κ3) is 4.36. The SMILES string of the molecule is CC1(C)CCC[C@]2(C)[C@@H](CCOC(=O)CCC(=O)O)[C@](C)(O)CC[C@@H]12. The van der Waals surface area contributed by atoms with Crippen LogP contribution >= 0.6 is 0 Å². The Morgan fingerprint density at radius 2 is 1.76 bits per heavy atom. The van der Waals surface area contributed by atoms with E-state index in [2.05, 4.69) is 20.8 Å². The normalized spacial score (nSPS) is 37.2. The standard InChI is InChI=1S/C20H34O5/c1-18(2)10-5-11-19(3)14(18)8-12-20(4,24)15(19)9-13-25-17(23)7-6-16(21)22/h14-15,24H,5-13H2,1-4H3,(H,21,22)/t14-,15+,19-,20+/m0/s1. The van der Waals surface area contributed by atoms with Gasteiger partial charge in [-0.3, -0.25) is 9.59 Å². The smallest absolute Gasteiger partial charge is 0.306 e. The van der Waals surface area contributed by atoms with Crippen LogP contribution in [0.3, 0.4) is 0 Å². The first kappa shape index (κ1) is 20.2. The summed E-state index contributed by atoms with van der Waals surface area (Å²) in [6.07, 6.45) is 5.68. The number of carboxylic acids is 1. The highest BCUT2D eigenvalue weighted by Gasteiger charge is 2.57. The van der Waals surface area contributed by atoms with Crippen LogP contribution in [-0.2, 0) is 14.3 Å². The molecule has 0 saturated heterocycles. The lowest BCUT2D eigenvalue weighted by Gasteiger charge is -2.61. The summed E-state index contributed by atoms with van der Waals surface area (Å²) in [5.41, 5.74) is -0.414. The summed E-state index contributed by atoms with van der Waals surface area (Å²) >= 11 is 0. The van der Waals surface area contributed by atoms with Crippen LogP contribution in [0.1, 0.15) is 79.1 Å². The maximum Gasteiger partial charge on any atom is 0.306 e. The Bertz CT molecular complexity index is 510. The number of fused-ring (bicyclic) bond motifs is 1. The summed E-state index contributed by atoms with van der Waals surface area (Å²) in [4.78, 5) is 22.2. The molecule has 25 heavy (non-hydrogen) atoms. The molecule has 0 bridgehead atoms. The Kier molecular flexibility index (Phi) is 5.87. The maximum atomic E-state index is 11.7. The zero-order chi connectivity index (χ0) is 18.9. The lowest BCUT2D eigenvalue weighted by atomic mass is 9.45. The molecule has 0 unspecified atom stereocenters. The largest absolute Gasteiger partial charge is 0.481 e. The van der Waals surface area contributed by atoms with Crippen molar-refractivity contribution in [1.82, 2.24) is 0 Å². The number of hydrogen-bond donors (Lipinski definition) is 2. The van der Waals surface area contributed by atoms with E-state index >= 15 is 0 Å². The second-order valence-corrected chi connectivity index (χ2v) is 9.25. The molecule has 5 nitrogen and oxygen atoms in total. The molecule has 144 valence electrons. The average Bonchev–Trinajstić information content (AvgIpc) is 2.46. The third-order valence-corrected chi connectivity index (χ3v) is 6.97. The second-order valence-electron chi connectivity index (χ2n) is 9.25. The molecule has 2 aliphatic carbocycles.